The first-order chi connectivity index (χ1) is 6.16. The van der Waals surface area contributed by atoms with Crippen molar-refractivity contribution in [1.29, 1.82) is 0 Å². The number of carbonyl (C=O) groups is 1. The van der Waals surface area contributed by atoms with E-state index in [1.54, 1.807) is 0 Å². The molecule has 0 N–H and O–H groups in total. The molecule has 4 rings (SSSR count). The molecule has 1 saturated heterocycles. The Balaban J connectivity index is 1.71. The van der Waals surface area contributed by atoms with Crippen LogP contribution in [0.4, 0.5) is 0 Å². The standard InChI is InChI=1S/C11H14O2/c12-8-5-11(8)7-9(1-2-9)6-10(13-11)3-4-10/h1-7H2. The maximum atomic E-state index is 11.4. The molecule has 3 spiro atoms. The normalized spacial score (nSPS) is 47.2. The summed E-state index contributed by atoms with van der Waals surface area (Å²) in [5, 5.41) is 0. The summed E-state index contributed by atoms with van der Waals surface area (Å²) in [6.07, 6.45) is 8.17. The maximum Gasteiger partial charge on any atom is 0.168 e. The molecule has 2 nitrogen and oxygen atoms in total. The molecular weight excluding hydrogens is 164 g/mol. The van der Waals surface area contributed by atoms with Gasteiger partial charge in [0, 0.05) is 6.42 Å². The van der Waals surface area contributed by atoms with Gasteiger partial charge in [0.15, 0.2) is 5.78 Å². The van der Waals surface area contributed by atoms with Gasteiger partial charge in [-0.25, -0.2) is 0 Å². The van der Waals surface area contributed by atoms with Crippen molar-refractivity contribution >= 4 is 5.78 Å². The molecule has 4 aliphatic rings. The van der Waals surface area contributed by atoms with Crippen LogP contribution >= 0.6 is 0 Å². The van der Waals surface area contributed by atoms with Crippen LogP contribution in [0.15, 0.2) is 0 Å². The summed E-state index contributed by atoms with van der Waals surface area (Å²) >= 11 is 0. The lowest BCUT2D eigenvalue weighted by Crippen LogP contribution is -2.38. The van der Waals surface area contributed by atoms with Crippen molar-refractivity contribution in [2.45, 2.75) is 56.1 Å². The third-order valence-corrected chi connectivity index (χ3v) is 4.36. The molecule has 0 aromatic heterocycles. The van der Waals surface area contributed by atoms with Crippen LogP contribution in [0.1, 0.15) is 44.9 Å². The molecule has 2 heteroatoms. The summed E-state index contributed by atoms with van der Waals surface area (Å²) in [4.78, 5) is 11.4. The number of carbonyl (C=O) groups excluding carboxylic acids is 1. The van der Waals surface area contributed by atoms with E-state index in [0.29, 0.717) is 11.2 Å². The highest BCUT2D eigenvalue weighted by molar-refractivity contribution is 6.04. The van der Waals surface area contributed by atoms with Gasteiger partial charge in [0.1, 0.15) is 5.60 Å². The second-order valence-corrected chi connectivity index (χ2v) is 5.73. The molecule has 0 aromatic carbocycles. The van der Waals surface area contributed by atoms with Gasteiger partial charge in [-0.05, 0) is 43.9 Å². The number of hydrogen-bond acceptors (Lipinski definition) is 2. The lowest BCUT2D eigenvalue weighted by atomic mass is 9.86. The van der Waals surface area contributed by atoms with Crippen molar-refractivity contribution in [2.24, 2.45) is 5.41 Å². The van der Waals surface area contributed by atoms with E-state index in [1.165, 1.54) is 32.1 Å². The van der Waals surface area contributed by atoms with E-state index >= 15 is 0 Å². The zero-order chi connectivity index (χ0) is 8.73. The van der Waals surface area contributed by atoms with Crippen LogP contribution in [0.3, 0.4) is 0 Å². The first-order valence-electron chi connectivity index (χ1n) is 5.40. The molecule has 1 aliphatic heterocycles. The first kappa shape index (κ1) is 6.99. The second-order valence-electron chi connectivity index (χ2n) is 5.73. The van der Waals surface area contributed by atoms with Crippen LogP contribution in [-0.4, -0.2) is 17.0 Å². The monoisotopic (exact) mass is 178 g/mol. The highest BCUT2D eigenvalue weighted by Crippen LogP contribution is 2.69. The van der Waals surface area contributed by atoms with Gasteiger partial charge in [0.25, 0.3) is 0 Å². The predicted octanol–water partition coefficient (Wildman–Crippen LogP) is 1.82. The SMILES string of the molecule is O=C1CC12CC1(CC1)CC1(CC1)O2. The summed E-state index contributed by atoms with van der Waals surface area (Å²) in [6.45, 7) is 0. The number of rotatable bonds is 0. The van der Waals surface area contributed by atoms with Gasteiger partial charge >= 0.3 is 0 Å². The molecule has 4 fully saturated rings. The van der Waals surface area contributed by atoms with E-state index in [1.807, 2.05) is 0 Å². The highest BCUT2D eigenvalue weighted by Gasteiger charge is 2.71. The Morgan fingerprint density at radius 3 is 2.23 bits per heavy atom. The second kappa shape index (κ2) is 1.60. The number of hydrogen-bond donors (Lipinski definition) is 0. The molecule has 0 bridgehead atoms. The first-order valence-corrected chi connectivity index (χ1v) is 5.40. The summed E-state index contributed by atoms with van der Waals surface area (Å²) in [5.74, 6) is 0.379. The fourth-order valence-corrected chi connectivity index (χ4v) is 3.26. The third-order valence-electron chi connectivity index (χ3n) is 4.36. The van der Waals surface area contributed by atoms with Crippen molar-refractivity contribution in [1.82, 2.24) is 0 Å². The quantitative estimate of drug-likeness (QED) is 0.565. The van der Waals surface area contributed by atoms with Crippen LogP contribution in [0.25, 0.3) is 0 Å². The fourth-order valence-electron chi connectivity index (χ4n) is 3.26. The Kier molecular flexibility index (Phi) is 0.862. The van der Waals surface area contributed by atoms with E-state index < -0.39 is 0 Å². The lowest BCUT2D eigenvalue weighted by molar-refractivity contribution is -0.139. The van der Waals surface area contributed by atoms with Crippen molar-refractivity contribution in [3.05, 3.63) is 0 Å². The Hall–Kier alpha value is -0.370. The predicted molar refractivity (Wildman–Crippen MR) is 46.3 cm³/mol. The van der Waals surface area contributed by atoms with Gasteiger partial charge in [-0.1, -0.05) is 0 Å². The van der Waals surface area contributed by atoms with Gasteiger partial charge in [-0.3, -0.25) is 4.79 Å². The minimum atomic E-state index is -0.259. The molecule has 0 amide bonds. The highest BCUT2D eigenvalue weighted by atomic mass is 16.5. The number of Topliss-reactive ketones (excluding diaryl/α,β-unsaturated/α-hetero) is 1. The zero-order valence-corrected chi connectivity index (χ0v) is 7.77. The minimum absolute atomic E-state index is 0.181. The van der Waals surface area contributed by atoms with E-state index in [4.69, 9.17) is 4.74 Å². The number of ketones is 1. The summed E-state index contributed by atoms with van der Waals surface area (Å²) in [7, 11) is 0. The molecule has 3 saturated carbocycles. The Morgan fingerprint density at radius 2 is 1.77 bits per heavy atom. The van der Waals surface area contributed by atoms with E-state index in [0.717, 1.165) is 12.8 Å². The van der Waals surface area contributed by atoms with Gasteiger partial charge < -0.3 is 4.74 Å². The Morgan fingerprint density at radius 1 is 1.08 bits per heavy atom. The van der Waals surface area contributed by atoms with Crippen LogP contribution in [0.2, 0.25) is 0 Å². The number of ether oxygens (including phenoxy) is 1. The lowest BCUT2D eigenvalue weighted by Gasteiger charge is -2.35. The molecular formula is C11H14O2. The zero-order valence-electron chi connectivity index (χ0n) is 7.77. The molecule has 3 aliphatic carbocycles. The van der Waals surface area contributed by atoms with Gasteiger partial charge in [-0.2, -0.15) is 0 Å². The van der Waals surface area contributed by atoms with E-state index in [9.17, 15) is 4.79 Å². The molecule has 1 unspecified atom stereocenters. The summed E-state index contributed by atoms with van der Waals surface area (Å²) < 4.78 is 6.02. The summed E-state index contributed by atoms with van der Waals surface area (Å²) in [6, 6.07) is 0. The smallest absolute Gasteiger partial charge is 0.168 e. The van der Waals surface area contributed by atoms with Crippen molar-refractivity contribution in [3.8, 4) is 0 Å². The topological polar surface area (TPSA) is 26.3 Å². The third kappa shape index (κ3) is 0.804. The van der Waals surface area contributed by atoms with Crippen LogP contribution in [0.5, 0.6) is 0 Å². The van der Waals surface area contributed by atoms with Crippen LogP contribution in [0, 0.1) is 5.41 Å². The molecule has 13 heavy (non-hydrogen) atoms. The Labute approximate surface area is 77.6 Å². The van der Waals surface area contributed by atoms with Crippen LogP contribution in [-0.2, 0) is 9.53 Å². The largest absolute Gasteiger partial charge is 0.360 e. The van der Waals surface area contributed by atoms with Gasteiger partial charge in [0.2, 0.25) is 0 Å². The molecule has 1 atom stereocenters. The maximum absolute atomic E-state index is 11.4. The molecule has 0 aromatic rings. The molecule has 70 valence electrons. The fraction of sp³-hybridized carbons (Fsp3) is 0.909. The van der Waals surface area contributed by atoms with Crippen molar-refractivity contribution < 1.29 is 9.53 Å². The average molecular weight is 178 g/mol. The summed E-state index contributed by atoms with van der Waals surface area (Å²) in [5.41, 5.74) is 0.479. The van der Waals surface area contributed by atoms with E-state index in [-0.39, 0.29) is 11.2 Å². The Bertz CT molecular complexity index is 290. The molecule has 1 heterocycles. The van der Waals surface area contributed by atoms with Crippen molar-refractivity contribution in [2.75, 3.05) is 0 Å². The minimum Gasteiger partial charge on any atom is -0.360 e. The van der Waals surface area contributed by atoms with Crippen molar-refractivity contribution in [3.63, 3.8) is 0 Å². The van der Waals surface area contributed by atoms with Gasteiger partial charge in [-0.15, -0.1) is 0 Å². The average Bonchev–Trinajstić information content (AvgIpc) is 2.96. The molecule has 0 radical (unpaired) electrons. The van der Waals surface area contributed by atoms with Gasteiger partial charge in [0.05, 0.1) is 5.60 Å². The van der Waals surface area contributed by atoms with Crippen LogP contribution < -0.4 is 0 Å². The van der Waals surface area contributed by atoms with E-state index in [2.05, 4.69) is 0 Å².